The second-order valence-corrected chi connectivity index (χ2v) is 9.44. The number of benzene rings is 1. The van der Waals surface area contributed by atoms with Crippen molar-refractivity contribution in [2.45, 2.75) is 83.6 Å². The van der Waals surface area contributed by atoms with Crippen LogP contribution in [0.2, 0.25) is 0 Å². The van der Waals surface area contributed by atoms with Crippen LogP contribution in [-0.2, 0) is 14.4 Å². The lowest BCUT2D eigenvalue weighted by atomic mass is 9.87. The molecule has 6 heteroatoms. The molecule has 0 aromatic heterocycles. The van der Waals surface area contributed by atoms with Crippen molar-refractivity contribution < 1.29 is 19.1 Å². The van der Waals surface area contributed by atoms with Crippen LogP contribution in [0.3, 0.4) is 0 Å². The lowest BCUT2D eigenvalue weighted by Crippen LogP contribution is -2.48. The summed E-state index contributed by atoms with van der Waals surface area (Å²) < 4.78 is 5.48. The molecule has 1 saturated heterocycles. The molecule has 0 radical (unpaired) electrons. The first kappa shape index (κ1) is 23.5. The fourth-order valence-electron chi connectivity index (χ4n) is 5.39. The zero-order valence-electron chi connectivity index (χ0n) is 19.8. The molecule has 1 atom stereocenters. The molecular weight excluding hydrogens is 416 g/mol. The van der Waals surface area contributed by atoms with Crippen LogP contribution in [0.15, 0.2) is 35.9 Å². The zero-order chi connectivity index (χ0) is 23.2. The van der Waals surface area contributed by atoms with Crippen molar-refractivity contribution in [3.05, 3.63) is 35.9 Å². The molecule has 2 aliphatic carbocycles. The molecule has 1 heterocycles. The second-order valence-electron chi connectivity index (χ2n) is 9.44. The van der Waals surface area contributed by atoms with E-state index in [1.165, 1.54) is 29.7 Å². The van der Waals surface area contributed by atoms with Crippen LogP contribution in [0.4, 0.5) is 5.69 Å². The van der Waals surface area contributed by atoms with Crippen molar-refractivity contribution in [3.8, 4) is 5.75 Å². The van der Waals surface area contributed by atoms with Crippen LogP contribution in [0, 0.1) is 5.92 Å². The van der Waals surface area contributed by atoms with Gasteiger partial charge in [-0.15, -0.1) is 0 Å². The first-order chi connectivity index (χ1) is 16.1. The monoisotopic (exact) mass is 452 g/mol. The molecule has 1 aromatic carbocycles. The van der Waals surface area contributed by atoms with E-state index < -0.39 is 6.04 Å². The highest BCUT2D eigenvalue weighted by molar-refractivity contribution is 6.23. The molecule has 4 rings (SSSR count). The Hall–Kier alpha value is -2.63. The normalized spacial score (nSPS) is 21.8. The smallest absolute Gasteiger partial charge is 0.257 e. The summed E-state index contributed by atoms with van der Waals surface area (Å²) in [6.45, 7) is 2.98. The molecule has 1 aliphatic heterocycles. The molecule has 3 amide bonds. The largest absolute Gasteiger partial charge is 0.494 e. The van der Waals surface area contributed by atoms with Gasteiger partial charge in [0.2, 0.25) is 11.8 Å². The van der Waals surface area contributed by atoms with Crippen LogP contribution in [-0.4, -0.2) is 41.8 Å². The molecule has 1 unspecified atom stereocenters. The highest BCUT2D eigenvalue weighted by Gasteiger charge is 2.45. The maximum absolute atomic E-state index is 13.6. The van der Waals surface area contributed by atoms with Crippen molar-refractivity contribution in [3.63, 3.8) is 0 Å². The molecule has 0 bridgehead atoms. The summed E-state index contributed by atoms with van der Waals surface area (Å²) >= 11 is 0. The highest BCUT2D eigenvalue weighted by atomic mass is 16.5. The third-order valence-corrected chi connectivity index (χ3v) is 7.20. The van der Waals surface area contributed by atoms with E-state index in [-0.39, 0.29) is 30.1 Å². The van der Waals surface area contributed by atoms with E-state index in [0.29, 0.717) is 24.6 Å². The van der Waals surface area contributed by atoms with Gasteiger partial charge in [0.25, 0.3) is 5.91 Å². The molecule has 1 aromatic rings. The Morgan fingerprint density at radius 3 is 2.48 bits per heavy atom. The average molecular weight is 453 g/mol. The molecule has 1 saturated carbocycles. The van der Waals surface area contributed by atoms with E-state index in [1.54, 1.807) is 29.2 Å². The van der Waals surface area contributed by atoms with Gasteiger partial charge >= 0.3 is 0 Å². The number of carbonyl (C=O) groups is 3. The third-order valence-electron chi connectivity index (χ3n) is 7.20. The summed E-state index contributed by atoms with van der Waals surface area (Å²) in [5.74, 6) is 0.206. The van der Waals surface area contributed by atoms with E-state index in [0.717, 1.165) is 44.9 Å². The van der Waals surface area contributed by atoms with Crippen molar-refractivity contribution in [1.29, 1.82) is 0 Å². The summed E-state index contributed by atoms with van der Waals surface area (Å²) in [4.78, 5) is 43.0. The maximum atomic E-state index is 13.6. The Morgan fingerprint density at radius 2 is 1.82 bits per heavy atom. The van der Waals surface area contributed by atoms with Crippen molar-refractivity contribution in [1.82, 2.24) is 4.90 Å². The van der Waals surface area contributed by atoms with Gasteiger partial charge in [-0.2, -0.15) is 0 Å². The molecule has 3 aliphatic rings. The van der Waals surface area contributed by atoms with Crippen LogP contribution in [0.1, 0.15) is 77.6 Å². The number of rotatable bonds is 8. The Morgan fingerprint density at radius 1 is 1.06 bits per heavy atom. The van der Waals surface area contributed by atoms with Crippen molar-refractivity contribution in [2.75, 3.05) is 18.1 Å². The van der Waals surface area contributed by atoms with Gasteiger partial charge in [0.15, 0.2) is 0 Å². The standard InChI is InChI=1S/C27H36N2O4/c1-2-33-23-15-13-22(14-16-23)29-25(30)19-24(27(29)32)28(18-17-20-9-5-3-6-10-20)26(31)21-11-7-4-8-12-21/h9,13-16,21,24H,2-8,10-12,17-19H2,1H3. The molecule has 0 N–H and O–H groups in total. The van der Waals surface area contributed by atoms with Gasteiger partial charge in [-0.1, -0.05) is 30.9 Å². The lowest BCUT2D eigenvalue weighted by molar-refractivity contribution is -0.142. The van der Waals surface area contributed by atoms with E-state index in [1.807, 2.05) is 6.92 Å². The molecule has 178 valence electrons. The fourth-order valence-corrected chi connectivity index (χ4v) is 5.39. The summed E-state index contributed by atoms with van der Waals surface area (Å²) in [5.41, 5.74) is 1.92. The topological polar surface area (TPSA) is 66.9 Å². The number of anilines is 1. The third kappa shape index (κ3) is 5.48. The first-order valence-electron chi connectivity index (χ1n) is 12.7. The average Bonchev–Trinajstić information content (AvgIpc) is 3.14. The van der Waals surface area contributed by atoms with Gasteiger partial charge in [0.1, 0.15) is 11.8 Å². The van der Waals surface area contributed by atoms with Gasteiger partial charge in [-0.3, -0.25) is 14.4 Å². The van der Waals surface area contributed by atoms with Crippen molar-refractivity contribution >= 4 is 23.4 Å². The van der Waals surface area contributed by atoms with Gasteiger partial charge in [0.05, 0.1) is 18.7 Å². The number of ether oxygens (including phenoxy) is 1. The number of carbonyl (C=O) groups excluding carboxylic acids is 3. The number of imide groups is 1. The Balaban J connectivity index is 1.53. The number of amides is 3. The van der Waals surface area contributed by atoms with Gasteiger partial charge < -0.3 is 9.64 Å². The van der Waals surface area contributed by atoms with E-state index in [2.05, 4.69) is 6.08 Å². The van der Waals surface area contributed by atoms with Gasteiger partial charge in [0, 0.05) is 12.5 Å². The quantitative estimate of drug-likeness (QED) is 0.410. The number of allylic oxidation sites excluding steroid dienone is 1. The van der Waals surface area contributed by atoms with Crippen LogP contribution >= 0.6 is 0 Å². The Kier molecular flexibility index (Phi) is 7.84. The summed E-state index contributed by atoms with van der Waals surface area (Å²) in [7, 11) is 0. The zero-order valence-corrected chi connectivity index (χ0v) is 19.8. The molecular formula is C27H36N2O4. The van der Waals surface area contributed by atoms with Crippen LogP contribution in [0.5, 0.6) is 5.75 Å². The SMILES string of the molecule is CCOc1ccc(N2C(=O)CC(N(CCC3=CCCCC3)C(=O)C3CCCCC3)C2=O)cc1. The molecule has 6 nitrogen and oxygen atoms in total. The number of hydrogen-bond donors (Lipinski definition) is 0. The van der Waals surface area contributed by atoms with Crippen LogP contribution < -0.4 is 9.64 Å². The van der Waals surface area contributed by atoms with Gasteiger partial charge in [-0.05, 0) is 76.1 Å². The minimum absolute atomic E-state index is 0.0264. The van der Waals surface area contributed by atoms with Crippen LogP contribution in [0.25, 0.3) is 0 Å². The maximum Gasteiger partial charge on any atom is 0.257 e. The number of nitrogens with zero attached hydrogens (tertiary/aromatic N) is 2. The minimum Gasteiger partial charge on any atom is -0.494 e. The number of hydrogen-bond acceptors (Lipinski definition) is 4. The predicted octanol–water partition coefficient (Wildman–Crippen LogP) is 5.02. The highest BCUT2D eigenvalue weighted by Crippen LogP contribution is 2.32. The minimum atomic E-state index is -0.706. The summed E-state index contributed by atoms with van der Waals surface area (Å²) in [5, 5.41) is 0. The fraction of sp³-hybridized carbons (Fsp3) is 0.593. The predicted molar refractivity (Wildman–Crippen MR) is 128 cm³/mol. The van der Waals surface area contributed by atoms with E-state index in [4.69, 9.17) is 4.74 Å². The molecule has 0 spiro atoms. The first-order valence-corrected chi connectivity index (χ1v) is 12.7. The van der Waals surface area contributed by atoms with E-state index >= 15 is 0 Å². The second kappa shape index (κ2) is 11.0. The van der Waals surface area contributed by atoms with Crippen molar-refractivity contribution in [2.24, 2.45) is 5.92 Å². The summed E-state index contributed by atoms with van der Waals surface area (Å²) in [6.07, 6.45) is 12.8. The Bertz CT molecular complexity index is 886. The molecule has 2 fully saturated rings. The lowest BCUT2D eigenvalue weighted by Gasteiger charge is -2.33. The van der Waals surface area contributed by atoms with E-state index in [9.17, 15) is 14.4 Å². The molecule has 33 heavy (non-hydrogen) atoms. The van der Waals surface area contributed by atoms with Gasteiger partial charge in [-0.25, -0.2) is 4.90 Å². The summed E-state index contributed by atoms with van der Waals surface area (Å²) in [6, 6.07) is 6.32. The Labute approximate surface area is 197 Å².